The highest BCUT2D eigenvalue weighted by Gasteiger charge is 2.29. The molecule has 0 aliphatic rings. The van der Waals surface area contributed by atoms with Gasteiger partial charge in [-0.1, -0.05) is 18.2 Å². The molecule has 2 N–H and O–H groups in total. The molecule has 0 bridgehead atoms. The monoisotopic (exact) mass is 409 g/mol. The summed E-state index contributed by atoms with van der Waals surface area (Å²) in [5.74, 6) is -1.22. The zero-order valence-corrected chi connectivity index (χ0v) is 17.9. The Morgan fingerprint density at radius 2 is 1.59 bits per heavy atom. The highest BCUT2D eigenvalue weighted by atomic mass is 16.6. The summed E-state index contributed by atoms with van der Waals surface area (Å²) in [6.07, 6.45) is -0.933. The first kappa shape index (κ1) is 24.3. The van der Waals surface area contributed by atoms with Crippen LogP contribution in [0.3, 0.4) is 0 Å². The number of hydrogen-bond acceptors (Lipinski definition) is 7. The van der Waals surface area contributed by atoms with Gasteiger partial charge in [0.25, 0.3) is 0 Å². The van der Waals surface area contributed by atoms with Crippen molar-refractivity contribution < 1.29 is 33.7 Å². The first-order chi connectivity index (χ1) is 13.3. The molecule has 8 heteroatoms. The molecule has 1 aromatic rings. The first-order valence-corrected chi connectivity index (χ1v) is 9.42. The highest BCUT2D eigenvalue weighted by molar-refractivity contribution is 5.82. The van der Waals surface area contributed by atoms with Gasteiger partial charge in [0, 0.05) is 12.0 Å². The molecule has 0 aromatic heterocycles. The molecule has 1 rings (SSSR count). The van der Waals surface area contributed by atoms with Gasteiger partial charge in [-0.2, -0.15) is 0 Å². The van der Waals surface area contributed by atoms with E-state index >= 15 is 0 Å². The number of phenols is 1. The smallest absolute Gasteiger partial charge is 0.408 e. The third kappa shape index (κ3) is 10.4. The minimum Gasteiger partial charge on any atom is -0.508 e. The average molecular weight is 409 g/mol. The zero-order valence-electron chi connectivity index (χ0n) is 17.9. The van der Waals surface area contributed by atoms with E-state index < -0.39 is 35.3 Å². The summed E-state index contributed by atoms with van der Waals surface area (Å²) in [5, 5.41) is 12.2. The Labute approximate surface area is 171 Å². The van der Waals surface area contributed by atoms with Gasteiger partial charge in [0.2, 0.25) is 0 Å². The molecule has 1 amide bonds. The van der Waals surface area contributed by atoms with Gasteiger partial charge in [0.05, 0.1) is 0 Å². The van der Waals surface area contributed by atoms with Crippen molar-refractivity contribution in [2.45, 2.75) is 78.2 Å². The van der Waals surface area contributed by atoms with Gasteiger partial charge in [-0.3, -0.25) is 4.79 Å². The third-order valence-corrected chi connectivity index (χ3v) is 3.40. The normalized spacial score (nSPS) is 12.6. The maximum Gasteiger partial charge on any atom is 0.408 e. The van der Waals surface area contributed by atoms with Gasteiger partial charge in [-0.15, -0.1) is 0 Å². The fourth-order valence-electron chi connectivity index (χ4n) is 2.20. The Morgan fingerprint density at radius 1 is 1.00 bits per heavy atom. The van der Waals surface area contributed by atoms with Crippen LogP contribution in [0.1, 0.15) is 59.9 Å². The number of alkyl carbamates (subject to hydrolysis) is 1. The fourth-order valence-corrected chi connectivity index (χ4v) is 2.20. The number of aromatic hydroxyl groups is 1. The van der Waals surface area contributed by atoms with Gasteiger partial charge in [-0.05, 0) is 54.0 Å². The highest BCUT2D eigenvalue weighted by Crippen LogP contribution is 2.17. The number of ether oxygens (including phenoxy) is 3. The lowest BCUT2D eigenvalue weighted by Crippen LogP contribution is -2.46. The lowest BCUT2D eigenvalue weighted by Gasteiger charge is -2.26. The lowest BCUT2D eigenvalue weighted by atomic mass is 10.1. The van der Waals surface area contributed by atoms with Crippen molar-refractivity contribution in [3.05, 3.63) is 29.8 Å². The summed E-state index contributed by atoms with van der Waals surface area (Å²) >= 11 is 0. The Balaban J connectivity index is 2.67. The van der Waals surface area contributed by atoms with Crippen molar-refractivity contribution in [1.29, 1.82) is 0 Å². The van der Waals surface area contributed by atoms with Crippen molar-refractivity contribution >= 4 is 18.0 Å². The van der Waals surface area contributed by atoms with E-state index in [-0.39, 0.29) is 25.2 Å². The fraction of sp³-hybridized carbons (Fsp3) is 0.571. The van der Waals surface area contributed by atoms with E-state index in [0.29, 0.717) is 5.56 Å². The maximum absolute atomic E-state index is 12.4. The SMILES string of the molecule is CC(C)(C)OC(=O)NC(CCC(=O)OCc1ccccc1O)C(=O)OC(C)(C)C. The second-order valence-corrected chi connectivity index (χ2v) is 8.56. The molecule has 162 valence electrons. The molecule has 0 aliphatic heterocycles. The second kappa shape index (κ2) is 10.1. The number of rotatable bonds is 7. The number of esters is 2. The molecule has 29 heavy (non-hydrogen) atoms. The van der Waals surface area contributed by atoms with E-state index in [2.05, 4.69) is 5.32 Å². The summed E-state index contributed by atoms with van der Waals surface area (Å²) in [5.41, 5.74) is -1.02. The molecule has 0 fully saturated rings. The van der Waals surface area contributed by atoms with E-state index in [0.717, 1.165) is 0 Å². The Bertz CT molecular complexity index is 716. The molecule has 0 radical (unpaired) electrons. The van der Waals surface area contributed by atoms with Crippen LogP contribution in [-0.2, 0) is 30.4 Å². The van der Waals surface area contributed by atoms with E-state index in [1.165, 1.54) is 6.07 Å². The topological polar surface area (TPSA) is 111 Å². The molecule has 0 saturated carbocycles. The molecular formula is C21H31NO7. The van der Waals surface area contributed by atoms with Crippen LogP contribution in [0.5, 0.6) is 5.75 Å². The first-order valence-electron chi connectivity index (χ1n) is 9.42. The summed E-state index contributed by atoms with van der Waals surface area (Å²) < 4.78 is 15.6. The molecule has 1 aromatic carbocycles. The number of carbonyl (C=O) groups is 3. The Hall–Kier alpha value is -2.77. The van der Waals surface area contributed by atoms with Crippen molar-refractivity contribution in [3.63, 3.8) is 0 Å². The van der Waals surface area contributed by atoms with E-state index in [9.17, 15) is 19.5 Å². The summed E-state index contributed by atoms with van der Waals surface area (Å²) in [6.45, 7) is 10.1. The van der Waals surface area contributed by atoms with Crippen LogP contribution >= 0.6 is 0 Å². The van der Waals surface area contributed by atoms with Crippen LogP contribution in [0.4, 0.5) is 4.79 Å². The molecule has 8 nitrogen and oxygen atoms in total. The molecule has 1 unspecified atom stereocenters. The van der Waals surface area contributed by atoms with Crippen LogP contribution < -0.4 is 5.32 Å². The average Bonchev–Trinajstić information content (AvgIpc) is 2.54. The van der Waals surface area contributed by atoms with Gasteiger partial charge in [-0.25, -0.2) is 9.59 Å². The second-order valence-electron chi connectivity index (χ2n) is 8.56. The molecule has 0 aliphatic carbocycles. The zero-order chi connectivity index (χ0) is 22.2. The summed E-state index contributed by atoms with van der Waals surface area (Å²) in [6, 6.07) is 5.44. The Morgan fingerprint density at radius 3 is 2.14 bits per heavy atom. The van der Waals surface area contributed by atoms with Crippen LogP contribution in [0, 0.1) is 0 Å². The van der Waals surface area contributed by atoms with E-state index in [1.807, 2.05) is 0 Å². The minimum atomic E-state index is -1.07. The van der Waals surface area contributed by atoms with Crippen LogP contribution in [0.25, 0.3) is 0 Å². The summed E-state index contributed by atoms with van der Waals surface area (Å²) in [7, 11) is 0. The maximum atomic E-state index is 12.4. The number of hydrogen-bond donors (Lipinski definition) is 2. The minimum absolute atomic E-state index is 0.0201. The van der Waals surface area contributed by atoms with E-state index in [1.54, 1.807) is 59.7 Å². The molecule has 0 spiro atoms. The number of benzene rings is 1. The largest absolute Gasteiger partial charge is 0.508 e. The van der Waals surface area contributed by atoms with Crippen LogP contribution in [-0.4, -0.2) is 40.4 Å². The van der Waals surface area contributed by atoms with Crippen LogP contribution in [0.15, 0.2) is 24.3 Å². The van der Waals surface area contributed by atoms with E-state index in [4.69, 9.17) is 14.2 Å². The van der Waals surface area contributed by atoms with Crippen molar-refractivity contribution in [1.82, 2.24) is 5.32 Å². The summed E-state index contributed by atoms with van der Waals surface area (Å²) in [4.78, 5) is 36.5. The van der Waals surface area contributed by atoms with Crippen molar-refractivity contribution in [2.24, 2.45) is 0 Å². The molecule has 1 atom stereocenters. The lowest BCUT2D eigenvalue weighted by molar-refractivity contribution is -0.158. The predicted molar refractivity (Wildman–Crippen MR) is 106 cm³/mol. The number of carbonyl (C=O) groups excluding carboxylic acids is 3. The van der Waals surface area contributed by atoms with Crippen molar-refractivity contribution in [2.75, 3.05) is 0 Å². The van der Waals surface area contributed by atoms with Crippen LogP contribution in [0.2, 0.25) is 0 Å². The van der Waals surface area contributed by atoms with Gasteiger partial charge >= 0.3 is 18.0 Å². The number of amides is 1. The van der Waals surface area contributed by atoms with Gasteiger partial charge in [0.1, 0.15) is 29.6 Å². The Kier molecular flexibility index (Phi) is 8.48. The molecule has 0 heterocycles. The number of phenolic OH excluding ortho intramolecular Hbond substituents is 1. The number of nitrogens with one attached hydrogen (secondary N) is 1. The molecular weight excluding hydrogens is 378 g/mol. The molecule has 0 saturated heterocycles. The van der Waals surface area contributed by atoms with Gasteiger partial charge < -0.3 is 24.6 Å². The quantitative estimate of drug-likeness (QED) is 0.524. The van der Waals surface area contributed by atoms with Gasteiger partial charge in [0.15, 0.2) is 0 Å². The third-order valence-electron chi connectivity index (χ3n) is 3.40. The number of para-hydroxylation sites is 1. The predicted octanol–water partition coefficient (Wildman–Crippen LogP) is 3.45. The van der Waals surface area contributed by atoms with Crippen molar-refractivity contribution in [3.8, 4) is 5.75 Å². The standard InChI is InChI=1S/C21H31NO7/c1-20(2,3)28-18(25)15(22-19(26)29-21(4,5)6)11-12-17(24)27-13-14-9-7-8-10-16(14)23/h7-10,15,23H,11-13H2,1-6H3,(H,22,26).